The molecule has 37 heavy (non-hydrogen) atoms. The van der Waals surface area contributed by atoms with Crippen LogP contribution in [-0.2, 0) is 25.7 Å². The van der Waals surface area contributed by atoms with E-state index in [1.54, 1.807) is 0 Å². The van der Waals surface area contributed by atoms with Crippen molar-refractivity contribution in [2.24, 2.45) is 17.8 Å². The second-order valence-electron chi connectivity index (χ2n) is 10.5. The number of hydrogen-bond acceptors (Lipinski definition) is 7. The third kappa shape index (κ3) is 12.7. The zero-order chi connectivity index (χ0) is 28.1. The van der Waals surface area contributed by atoms with E-state index in [-0.39, 0.29) is 37.2 Å². The number of benzene rings is 1. The maximum atomic E-state index is 13.2. The molecular weight excluding hydrogens is 477 g/mol. The summed E-state index contributed by atoms with van der Waals surface area (Å²) >= 11 is 0. The maximum absolute atomic E-state index is 13.2. The lowest BCUT2D eigenvalue weighted by molar-refractivity contribution is -0.132. The number of alkyl carbamates (subject to hydrolysis) is 1. The molecule has 0 aliphatic heterocycles. The molecule has 0 aliphatic carbocycles. The van der Waals surface area contributed by atoms with E-state index in [1.807, 2.05) is 71.9 Å². The summed E-state index contributed by atoms with van der Waals surface area (Å²) < 4.78 is 5.25. The molecule has 0 spiro atoms. The van der Waals surface area contributed by atoms with Gasteiger partial charge in [-0.25, -0.2) is 4.79 Å². The van der Waals surface area contributed by atoms with Crippen LogP contribution in [0, 0.1) is 17.8 Å². The molecule has 0 radical (unpaired) electrons. The Hall–Kier alpha value is -2.92. The largest absolute Gasteiger partial charge is 0.529 e. The van der Waals surface area contributed by atoms with E-state index in [0.717, 1.165) is 5.56 Å². The average Bonchev–Trinajstić information content (AvgIpc) is 2.80. The Morgan fingerprint density at radius 1 is 0.730 bits per heavy atom. The van der Waals surface area contributed by atoms with E-state index >= 15 is 0 Å². The maximum Gasteiger partial charge on any atom is 0.529 e. The zero-order valence-corrected chi connectivity index (χ0v) is 22.7. The highest BCUT2D eigenvalue weighted by atomic mass is 16.5. The lowest BCUT2D eigenvalue weighted by Gasteiger charge is -2.27. The van der Waals surface area contributed by atoms with Gasteiger partial charge in [0.25, 0.3) is 0 Å². The number of carbonyl (C=O) groups excluding carboxylic acids is 4. The van der Waals surface area contributed by atoms with E-state index in [4.69, 9.17) is 4.74 Å². The number of hydrogen-bond donors (Lipinski definition) is 5. The van der Waals surface area contributed by atoms with Gasteiger partial charge in [-0.2, -0.15) is 0 Å². The van der Waals surface area contributed by atoms with Crippen molar-refractivity contribution < 1.29 is 34.0 Å². The fourth-order valence-electron chi connectivity index (χ4n) is 3.76. The van der Waals surface area contributed by atoms with Crippen molar-refractivity contribution in [1.29, 1.82) is 0 Å². The van der Waals surface area contributed by atoms with Crippen LogP contribution in [0.4, 0.5) is 4.79 Å². The van der Waals surface area contributed by atoms with Crippen LogP contribution in [0.25, 0.3) is 0 Å². The number of nitrogens with one attached hydrogen (secondary N) is 3. The van der Waals surface area contributed by atoms with E-state index in [0.29, 0.717) is 6.42 Å². The second-order valence-corrected chi connectivity index (χ2v) is 10.5. The standard InChI is InChI=1S/C26H42BN3O7/c1-16(2)12-20(23(31)27(35)36)28-24(32)21(13-17(3)4)29-25(33)22(14-18(5)6)30-26(34)37-15-19-10-8-7-9-11-19/h7-11,16-18,20-22,35-36H,12-15H2,1-6H3,(H,28,32)(H,29,33)(H,30,34). The predicted molar refractivity (Wildman–Crippen MR) is 141 cm³/mol. The van der Waals surface area contributed by atoms with Crippen LogP contribution in [0.1, 0.15) is 66.4 Å². The first-order valence-electron chi connectivity index (χ1n) is 12.8. The predicted octanol–water partition coefficient (Wildman–Crippen LogP) is 1.97. The molecule has 206 valence electrons. The molecule has 1 rings (SSSR count). The molecule has 0 saturated carbocycles. The van der Waals surface area contributed by atoms with E-state index in [1.165, 1.54) is 0 Å². The molecule has 5 N–H and O–H groups in total. The van der Waals surface area contributed by atoms with Gasteiger partial charge in [0, 0.05) is 0 Å². The summed E-state index contributed by atoms with van der Waals surface area (Å²) in [7, 11) is -2.22. The first-order chi connectivity index (χ1) is 17.3. The van der Waals surface area contributed by atoms with E-state index in [2.05, 4.69) is 16.0 Å². The third-order valence-electron chi connectivity index (χ3n) is 5.49. The molecule has 0 fully saturated rings. The van der Waals surface area contributed by atoms with E-state index in [9.17, 15) is 29.2 Å². The quantitative estimate of drug-likeness (QED) is 0.222. The van der Waals surface area contributed by atoms with Gasteiger partial charge < -0.3 is 35.5 Å². The van der Waals surface area contributed by atoms with Crippen molar-refractivity contribution in [3.63, 3.8) is 0 Å². The van der Waals surface area contributed by atoms with Gasteiger partial charge in [0.1, 0.15) is 18.7 Å². The van der Waals surface area contributed by atoms with Gasteiger partial charge in [-0.1, -0.05) is 71.9 Å². The first kappa shape index (κ1) is 32.1. The summed E-state index contributed by atoms with van der Waals surface area (Å²) in [5.74, 6) is -1.10. The van der Waals surface area contributed by atoms with Crippen LogP contribution in [-0.4, -0.2) is 58.9 Å². The van der Waals surface area contributed by atoms with Gasteiger partial charge in [-0.3, -0.25) is 9.59 Å². The van der Waals surface area contributed by atoms with Gasteiger partial charge in [0.2, 0.25) is 11.8 Å². The smallest absolute Gasteiger partial charge is 0.445 e. The molecule has 0 aliphatic rings. The Labute approximate surface area is 220 Å². The Bertz CT molecular complexity index is 878. The SMILES string of the molecule is CC(C)CC(NC(=O)OCc1ccccc1)C(=O)NC(CC(C)C)C(=O)NC(CC(C)C)C(=O)B(O)O. The van der Waals surface area contributed by atoms with Crippen molar-refractivity contribution in [1.82, 2.24) is 16.0 Å². The Balaban J connectivity index is 2.95. The van der Waals surface area contributed by atoms with Crippen molar-refractivity contribution in [2.45, 2.75) is 85.5 Å². The number of ether oxygens (including phenoxy) is 1. The van der Waals surface area contributed by atoms with Gasteiger partial charge in [0.05, 0.1) is 6.04 Å². The normalized spacial score (nSPS) is 13.6. The summed E-state index contributed by atoms with van der Waals surface area (Å²) in [6.07, 6.45) is 0.0336. The summed E-state index contributed by atoms with van der Waals surface area (Å²) in [4.78, 5) is 50.9. The second kappa shape index (κ2) is 16.0. The fourth-order valence-corrected chi connectivity index (χ4v) is 3.76. The van der Waals surface area contributed by atoms with Gasteiger partial charge in [0.15, 0.2) is 5.68 Å². The van der Waals surface area contributed by atoms with Crippen molar-refractivity contribution >= 4 is 30.7 Å². The van der Waals surface area contributed by atoms with Crippen molar-refractivity contribution in [2.75, 3.05) is 0 Å². The lowest BCUT2D eigenvalue weighted by atomic mass is 9.77. The number of rotatable bonds is 15. The van der Waals surface area contributed by atoms with Crippen LogP contribution in [0.5, 0.6) is 0 Å². The van der Waals surface area contributed by atoms with Gasteiger partial charge in [-0.05, 0) is 42.6 Å². The molecule has 3 unspecified atom stereocenters. The van der Waals surface area contributed by atoms with Crippen LogP contribution in [0.3, 0.4) is 0 Å². The Morgan fingerprint density at radius 2 is 1.16 bits per heavy atom. The average molecular weight is 519 g/mol. The van der Waals surface area contributed by atoms with Gasteiger partial charge in [-0.15, -0.1) is 0 Å². The topological polar surface area (TPSA) is 154 Å². The summed E-state index contributed by atoms with van der Waals surface area (Å²) in [6, 6.07) is 6.07. The molecule has 1 aromatic carbocycles. The number of amides is 3. The Kier molecular flexibility index (Phi) is 13.9. The summed E-state index contributed by atoms with van der Waals surface area (Å²) in [5, 5.41) is 26.5. The molecule has 11 heteroatoms. The van der Waals surface area contributed by atoms with E-state index < -0.39 is 48.8 Å². The van der Waals surface area contributed by atoms with Crippen LogP contribution in [0.15, 0.2) is 30.3 Å². The first-order valence-corrected chi connectivity index (χ1v) is 12.8. The summed E-state index contributed by atoms with van der Waals surface area (Å²) in [5.41, 5.74) is -0.119. The van der Waals surface area contributed by atoms with Crippen LogP contribution < -0.4 is 16.0 Å². The number of carbonyl (C=O) groups is 4. The molecular formula is C26H42BN3O7. The third-order valence-corrected chi connectivity index (χ3v) is 5.49. The highest BCUT2D eigenvalue weighted by Gasteiger charge is 2.34. The molecule has 3 amide bonds. The zero-order valence-electron chi connectivity index (χ0n) is 22.7. The molecule has 3 atom stereocenters. The lowest BCUT2D eigenvalue weighted by Crippen LogP contribution is -2.57. The van der Waals surface area contributed by atoms with Crippen LogP contribution >= 0.6 is 0 Å². The van der Waals surface area contributed by atoms with Crippen LogP contribution in [0.2, 0.25) is 0 Å². The minimum absolute atomic E-state index is 0.00680. The minimum atomic E-state index is -2.22. The van der Waals surface area contributed by atoms with Crippen molar-refractivity contribution in [3.05, 3.63) is 35.9 Å². The van der Waals surface area contributed by atoms with Crippen molar-refractivity contribution in [3.8, 4) is 0 Å². The highest BCUT2D eigenvalue weighted by molar-refractivity contribution is 6.79. The minimum Gasteiger partial charge on any atom is -0.445 e. The molecule has 0 aromatic heterocycles. The molecule has 0 saturated heterocycles. The molecule has 0 bridgehead atoms. The molecule has 0 heterocycles. The molecule has 10 nitrogen and oxygen atoms in total. The highest BCUT2D eigenvalue weighted by Crippen LogP contribution is 2.12. The Morgan fingerprint density at radius 3 is 1.62 bits per heavy atom. The monoisotopic (exact) mass is 519 g/mol. The summed E-state index contributed by atoms with van der Waals surface area (Å²) in [6.45, 7) is 11.3. The fraction of sp³-hybridized carbons (Fsp3) is 0.615. The van der Waals surface area contributed by atoms with Gasteiger partial charge >= 0.3 is 13.2 Å². The molecule has 1 aromatic rings.